The van der Waals surface area contributed by atoms with Crippen molar-refractivity contribution in [1.82, 2.24) is 20.0 Å². The molecule has 7 heteroatoms. The molecule has 0 aliphatic carbocycles. The normalized spacial score (nSPS) is 25.3. The first-order chi connectivity index (χ1) is 12.6. The lowest BCUT2D eigenvalue weighted by Crippen LogP contribution is -2.47. The van der Waals surface area contributed by atoms with Gasteiger partial charge in [0.15, 0.2) is 0 Å². The third-order valence-electron chi connectivity index (χ3n) is 4.88. The van der Waals surface area contributed by atoms with Crippen molar-refractivity contribution in [1.29, 1.82) is 0 Å². The molecule has 1 aromatic carbocycles. The molecule has 4 rings (SSSR count). The number of fused-ring (bicyclic) bond motifs is 1. The summed E-state index contributed by atoms with van der Waals surface area (Å²) in [5.74, 6) is 0.854. The van der Waals surface area contributed by atoms with Gasteiger partial charge in [-0.3, -0.25) is 4.68 Å². The zero-order valence-corrected chi connectivity index (χ0v) is 15.1. The zero-order valence-electron chi connectivity index (χ0n) is 15.1. The van der Waals surface area contributed by atoms with E-state index in [2.05, 4.69) is 10.4 Å². The standard InChI is InChI=1S/C19H24N4O3/c1-13-10-23(12-14-5-3-4-6-17(14)26-13)19(24)21-16-7-8-25-18(16)15-9-20-22(2)11-15/h3-6,9,11,13,16,18H,7-8,10,12H2,1-2H3,(H,21,24)/t13?,16-,18+/m1/s1. The highest BCUT2D eigenvalue weighted by molar-refractivity contribution is 5.75. The number of rotatable bonds is 2. The quantitative estimate of drug-likeness (QED) is 0.896. The van der Waals surface area contributed by atoms with Crippen LogP contribution in [0.15, 0.2) is 36.7 Å². The van der Waals surface area contributed by atoms with E-state index in [-0.39, 0.29) is 24.3 Å². The third kappa shape index (κ3) is 3.39. The molecule has 3 heterocycles. The summed E-state index contributed by atoms with van der Waals surface area (Å²) in [5, 5.41) is 7.36. The highest BCUT2D eigenvalue weighted by Gasteiger charge is 2.33. The molecule has 2 aliphatic heterocycles. The second-order valence-corrected chi connectivity index (χ2v) is 7.00. The first-order valence-electron chi connectivity index (χ1n) is 9.00. The number of nitrogens with one attached hydrogen (secondary N) is 1. The van der Waals surface area contributed by atoms with E-state index in [1.807, 2.05) is 49.3 Å². The van der Waals surface area contributed by atoms with E-state index in [1.54, 1.807) is 10.9 Å². The molecular weight excluding hydrogens is 332 g/mol. The van der Waals surface area contributed by atoms with Crippen LogP contribution in [0.3, 0.4) is 0 Å². The predicted molar refractivity (Wildman–Crippen MR) is 95.8 cm³/mol. The Kier molecular flexibility index (Phi) is 4.55. The van der Waals surface area contributed by atoms with Crippen LogP contribution in [-0.2, 0) is 18.3 Å². The summed E-state index contributed by atoms with van der Waals surface area (Å²) in [4.78, 5) is 14.7. The lowest BCUT2D eigenvalue weighted by Gasteiger charge is -2.26. The predicted octanol–water partition coefficient (Wildman–Crippen LogP) is 2.24. The molecule has 2 amide bonds. The monoisotopic (exact) mass is 356 g/mol. The highest BCUT2D eigenvalue weighted by atomic mass is 16.5. The number of benzene rings is 1. The fraction of sp³-hybridized carbons (Fsp3) is 0.474. The van der Waals surface area contributed by atoms with Crippen LogP contribution >= 0.6 is 0 Å². The number of para-hydroxylation sites is 1. The summed E-state index contributed by atoms with van der Waals surface area (Å²) >= 11 is 0. The van der Waals surface area contributed by atoms with Crippen LogP contribution in [0.25, 0.3) is 0 Å². The molecule has 1 unspecified atom stereocenters. The van der Waals surface area contributed by atoms with Gasteiger partial charge in [-0.1, -0.05) is 18.2 Å². The van der Waals surface area contributed by atoms with Gasteiger partial charge in [-0.05, 0) is 19.4 Å². The first-order valence-corrected chi connectivity index (χ1v) is 9.00. The minimum atomic E-state index is -0.152. The van der Waals surface area contributed by atoms with Gasteiger partial charge in [0.1, 0.15) is 18.0 Å². The van der Waals surface area contributed by atoms with Crippen LogP contribution in [0, 0.1) is 0 Å². The molecule has 2 aromatic rings. The van der Waals surface area contributed by atoms with Crippen LogP contribution in [0.5, 0.6) is 5.75 Å². The van der Waals surface area contributed by atoms with E-state index in [0.29, 0.717) is 19.7 Å². The SMILES string of the molecule is CC1CN(C(=O)N[C@@H]2CCO[C@H]2c2cnn(C)c2)Cc2ccccc2O1. The van der Waals surface area contributed by atoms with Crippen LogP contribution in [-0.4, -0.2) is 46.0 Å². The number of urea groups is 1. The van der Waals surface area contributed by atoms with Crippen molar-refractivity contribution in [3.8, 4) is 5.75 Å². The van der Waals surface area contributed by atoms with Gasteiger partial charge < -0.3 is 19.7 Å². The summed E-state index contributed by atoms with van der Waals surface area (Å²) in [6.07, 6.45) is 4.32. The Morgan fingerprint density at radius 2 is 2.19 bits per heavy atom. The summed E-state index contributed by atoms with van der Waals surface area (Å²) in [5.41, 5.74) is 2.02. The van der Waals surface area contributed by atoms with E-state index >= 15 is 0 Å². The molecule has 2 aliphatic rings. The zero-order chi connectivity index (χ0) is 18.1. The molecule has 0 radical (unpaired) electrons. The van der Waals surface area contributed by atoms with Crippen LogP contribution in [0.4, 0.5) is 4.79 Å². The van der Waals surface area contributed by atoms with Gasteiger partial charge >= 0.3 is 6.03 Å². The molecule has 7 nitrogen and oxygen atoms in total. The Morgan fingerprint density at radius 1 is 1.35 bits per heavy atom. The molecule has 0 spiro atoms. The maximum Gasteiger partial charge on any atom is 0.318 e. The Balaban J connectivity index is 1.47. The van der Waals surface area contributed by atoms with Crippen molar-refractivity contribution in [3.05, 3.63) is 47.8 Å². The lowest BCUT2D eigenvalue weighted by atomic mass is 10.1. The number of aryl methyl sites for hydroxylation is 1. The topological polar surface area (TPSA) is 68.6 Å². The minimum Gasteiger partial charge on any atom is -0.489 e. The summed E-state index contributed by atoms with van der Waals surface area (Å²) in [6.45, 7) is 3.70. The average Bonchev–Trinajstić information content (AvgIpc) is 3.20. The summed E-state index contributed by atoms with van der Waals surface area (Å²) in [7, 11) is 1.88. The largest absolute Gasteiger partial charge is 0.489 e. The smallest absolute Gasteiger partial charge is 0.318 e. The van der Waals surface area contributed by atoms with Crippen LogP contribution in [0.1, 0.15) is 30.6 Å². The number of amides is 2. The first kappa shape index (κ1) is 16.9. The molecule has 3 atom stereocenters. The lowest BCUT2D eigenvalue weighted by molar-refractivity contribution is 0.0968. The molecular formula is C19H24N4O3. The van der Waals surface area contributed by atoms with Crippen molar-refractivity contribution in [2.24, 2.45) is 7.05 Å². The number of nitrogens with zero attached hydrogens (tertiary/aromatic N) is 3. The molecule has 1 fully saturated rings. The molecule has 26 heavy (non-hydrogen) atoms. The Hall–Kier alpha value is -2.54. The third-order valence-corrected chi connectivity index (χ3v) is 4.88. The number of hydrogen-bond acceptors (Lipinski definition) is 4. The Morgan fingerprint density at radius 3 is 3.00 bits per heavy atom. The molecule has 1 N–H and O–H groups in total. The van der Waals surface area contributed by atoms with Gasteiger partial charge in [0.25, 0.3) is 0 Å². The van der Waals surface area contributed by atoms with Gasteiger partial charge in [0.05, 0.1) is 25.3 Å². The Bertz CT molecular complexity index is 791. The van der Waals surface area contributed by atoms with E-state index < -0.39 is 0 Å². The molecule has 1 saturated heterocycles. The number of ether oxygens (including phenoxy) is 2. The van der Waals surface area contributed by atoms with Gasteiger partial charge in [-0.15, -0.1) is 0 Å². The second kappa shape index (κ2) is 6.99. The maximum atomic E-state index is 12.9. The van der Waals surface area contributed by atoms with Crippen molar-refractivity contribution >= 4 is 6.03 Å². The minimum absolute atomic E-state index is 0.0542. The van der Waals surface area contributed by atoms with E-state index in [1.165, 1.54) is 0 Å². The fourth-order valence-corrected chi connectivity index (χ4v) is 3.64. The highest BCUT2D eigenvalue weighted by Crippen LogP contribution is 2.29. The van der Waals surface area contributed by atoms with Crippen LogP contribution in [0.2, 0.25) is 0 Å². The van der Waals surface area contributed by atoms with E-state index in [4.69, 9.17) is 9.47 Å². The number of aromatic nitrogens is 2. The second-order valence-electron chi connectivity index (χ2n) is 7.00. The maximum absolute atomic E-state index is 12.9. The average molecular weight is 356 g/mol. The van der Waals surface area contributed by atoms with Gasteiger partial charge in [-0.2, -0.15) is 5.10 Å². The molecule has 0 saturated carbocycles. The summed E-state index contributed by atoms with van der Waals surface area (Å²) < 4.78 is 13.5. The number of carbonyl (C=O) groups excluding carboxylic acids is 1. The van der Waals surface area contributed by atoms with Crippen molar-refractivity contribution < 1.29 is 14.3 Å². The van der Waals surface area contributed by atoms with Crippen molar-refractivity contribution in [2.45, 2.75) is 38.1 Å². The molecule has 0 bridgehead atoms. The number of carbonyl (C=O) groups is 1. The van der Waals surface area contributed by atoms with Gasteiger partial charge in [0.2, 0.25) is 0 Å². The van der Waals surface area contributed by atoms with Gasteiger partial charge in [-0.25, -0.2) is 4.79 Å². The van der Waals surface area contributed by atoms with E-state index in [9.17, 15) is 4.79 Å². The molecule has 138 valence electrons. The molecule has 1 aromatic heterocycles. The van der Waals surface area contributed by atoms with Crippen LogP contribution < -0.4 is 10.1 Å². The summed E-state index contributed by atoms with van der Waals surface area (Å²) in [6, 6.07) is 7.75. The van der Waals surface area contributed by atoms with Gasteiger partial charge in [0, 0.05) is 31.0 Å². The van der Waals surface area contributed by atoms with Crippen molar-refractivity contribution in [2.75, 3.05) is 13.2 Å². The van der Waals surface area contributed by atoms with Crippen molar-refractivity contribution in [3.63, 3.8) is 0 Å². The fourth-order valence-electron chi connectivity index (χ4n) is 3.64. The number of hydrogen-bond donors (Lipinski definition) is 1. The van der Waals surface area contributed by atoms with E-state index in [0.717, 1.165) is 23.3 Å². The Labute approximate surface area is 152 Å².